The van der Waals surface area contributed by atoms with Gasteiger partial charge in [0, 0.05) is 19.1 Å². The van der Waals surface area contributed by atoms with E-state index in [4.69, 9.17) is 17.3 Å². The Morgan fingerprint density at radius 1 is 1.33 bits per heavy atom. The molecule has 0 aromatic heterocycles. The molecule has 0 unspecified atom stereocenters. The zero-order valence-corrected chi connectivity index (χ0v) is 12.1. The van der Waals surface area contributed by atoms with Gasteiger partial charge in [-0.3, -0.25) is 0 Å². The molecule has 4 nitrogen and oxygen atoms in total. The average Bonchev–Trinajstić information content (AvgIpc) is 2.29. The first-order chi connectivity index (χ1) is 8.01. The Morgan fingerprint density at radius 3 is 2.61 bits per heavy atom. The molecule has 1 heterocycles. The summed E-state index contributed by atoms with van der Waals surface area (Å²) in [6.45, 7) is 0.884. The van der Waals surface area contributed by atoms with Gasteiger partial charge in [0.15, 0.2) is 0 Å². The van der Waals surface area contributed by atoms with Crippen LogP contribution in [0.1, 0.15) is 12.8 Å². The predicted octanol–water partition coefficient (Wildman–Crippen LogP) is 1.87. The normalized spacial score (nSPS) is 21.3. The van der Waals surface area contributed by atoms with E-state index in [0.29, 0.717) is 13.1 Å². The molecule has 0 radical (unpaired) electrons. The number of hydrogen-bond donors (Lipinski definition) is 1. The number of rotatable bonds is 2. The van der Waals surface area contributed by atoms with Crippen LogP contribution < -0.4 is 5.73 Å². The Kier molecular flexibility index (Phi) is 5.43. The van der Waals surface area contributed by atoms with Gasteiger partial charge in [-0.15, -0.1) is 12.4 Å². The van der Waals surface area contributed by atoms with Gasteiger partial charge < -0.3 is 5.73 Å². The third-order valence-electron chi connectivity index (χ3n) is 2.88. The van der Waals surface area contributed by atoms with Gasteiger partial charge in [0.2, 0.25) is 10.0 Å². The van der Waals surface area contributed by atoms with E-state index in [2.05, 4.69) is 0 Å². The van der Waals surface area contributed by atoms with Crippen LogP contribution in [-0.4, -0.2) is 31.9 Å². The highest BCUT2D eigenvalue weighted by atomic mass is 35.5. The number of halogens is 2. The van der Waals surface area contributed by atoms with Gasteiger partial charge in [-0.2, -0.15) is 4.31 Å². The monoisotopic (exact) mass is 310 g/mol. The minimum absolute atomic E-state index is 0. The molecule has 1 aliphatic heterocycles. The molecule has 2 N–H and O–H groups in total. The van der Waals surface area contributed by atoms with E-state index in [9.17, 15) is 8.42 Å². The third-order valence-corrected chi connectivity index (χ3v) is 5.24. The predicted molar refractivity (Wildman–Crippen MR) is 74.7 cm³/mol. The van der Waals surface area contributed by atoms with Gasteiger partial charge >= 0.3 is 0 Å². The molecule has 2 rings (SSSR count). The van der Waals surface area contributed by atoms with Crippen molar-refractivity contribution in [1.82, 2.24) is 4.31 Å². The summed E-state index contributed by atoms with van der Waals surface area (Å²) in [6.07, 6.45) is 1.67. The van der Waals surface area contributed by atoms with Crippen LogP contribution >= 0.6 is 24.0 Å². The summed E-state index contributed by atoms with van der Waals surface area (Å²) in [5.41, 5.74) is 5.80. The minimum atomic E-state index is -3.50. The maximum atomic E-state index is 12.3. The van der Waals surface area contributed by atoms with Crippen molar-refractivity contribution < 1.29 is 8.42 Å². The lowest BCUT2D eigenvalue weighted by Crippen LogP contribution is -2.45. The summed E-state index contributed by atoms with van der Waals surface area (Å²) < 4.78 is 26.1. The van der Waals surface area contributed by atoms with Gasteiger partial charge in [-0.05, 0) is 25.0 Å². The van der Waals surface area contributed by atoms with Crippen LogP contribution in [0.25, 0.3) is 0 Å². The summed E-state index contributed by atoms with van der Waals surface area (Å²) in [5.74, 6) is 0. The van der Waals surface area contributed by atoms with Crippen LogP contribution in [-0.2, 0) is 10.0 Å². The summed E-state index contributed by atoms with van der Waals surface area (Å²) in [7, 11) is -3.50. The SMILES string of the molecule is Cl.N[C@@H]1CCCN(S(=O)(=O)c2ccccc2Cl)C1. The quantitative estimate of drug-likeness (QED) is 0.907. The van der Waals surface area contributed by atoms with E-state index < -0.39 is 10.0 Å². The van der Waals surface area contributed by atoms with E-state index >= 15 is 0 Å². The number of benzene rings is 1. The molecular formula is C11H16Cl2N2O2S. The lowest BCUT2D eigenvalue weighted by molar-refractivity contribution is 0.316. The standard InChI is InChI=1S/C11H15ClN2O2S.ClH/c12-10-5-1-2-6-11(10)17(15,16)14-7-3-4-9(13)8-14;/h1-2,5-6,9H,3-4,7-8,13H2;1H/t9-;/m1./s1. The third kappa shape index (κ3) is 3.16. The molecule has 18 heavy (non-hydrogen) atoms. The number of piperidine rings is 1. The number of hydrogen-bond acceptors (Lipinski definition) is 3. The van der Waals surface area contributed by atoms with Crippen LogP contribution in [0, 0.1) is 0 Å². The van der Waals surface area contributed by atoms with Crippen molar-refractivity contribution in [2.24, 2.45) is 5.73 Å². The molecule has 7 heteroatoms. The molecule has 0 spiro atoms. The fourth-order valence-corrected chi connectivity index (χ4v) is 4.01. The van der Waals surface area contributed by atoms with Crippen molar-refractivity contribution in [2.45, 2.75) is 23.8 Å². The van der Waals surface area contributed by atoms with E-state index in [1.807, 2.05) is 0 Å². The number of nitrogens with two attached hydrogens (primary N) is 1. The lowest BCUT2D eigenvalue weighted by atomic mass is 10.1. The van der Waals surface area contributed by atoms with Gasteiger partial charge in [-0.1, -0.05) is 23.7 Å². The first-order valence-electron chi connectivity index (χ1n) is 5.52. The molecule has 0 amide bonds. The Morgan fingerprint density at radius 2 is 2.00 bits per heavy atom. The first-order valence-corrected chi connectivity index (χ1v) is 7.34. The fraction of sp³-hybridized carbons (Fsp3) is 0.455. The highest BCUT2D eigenvalue weighted by Gasteiger charge is 2.30. The topological polar surface area (TPSA) is 63.4 Å². The van der Waals surface area contributed by atoms with Gasteiger partial charge in [0.25, 0.3) is 0 Å². The Balaban J connectivity index is 0.00000162. The van der Waals surface area contributed by atoms with Gasteiger partial charge in [-0.25, -0.2) is 8.42 Å². The Hall–Kier alpha value is -0.330. The molecule has 102 valence electrons. The van der Waals surface area contributed by atoms with Crippen molar-refractivity contribution in [1.29, 1.82) is 0 Å². The van der Waals surface area contributed by atoms with E-state index in [1.165, 1.54) is 10.4 Å². The van der Waals surface area contributed by atoms with E-state index in [-0.39, 0.29) is 28.4 Å². The molecule has 0 aliphatic carbocycles. The van der Waals surface area contributed by atoms with Crippen molar-refractivity contribution in [2.75, 3.05) is 13.1 Å². The second-order valence-electron chi connectivity index (χ2n) is 4.20. The summed E-state index contributed by atoms with van der Waals surface area (Å²) in [5, 5.41) is 0.256. The molecular weight excluding hydrogens is 295 g/mol. The highest BCUT2D eigenvalue weighted by Crippen LogP contribution is 2.26. The Labute approximate surface area is 119 Å². The van der Waals surface area contributed by atoms with Gasteiger partial charge in [0.1, 0.15) is 4.90 Å². The Bertz CT molecular complexity index is 508. The van der Waals surface area contributed by atoms with Crippen LogP contribution in [0.4, 0.5) is 0 Å². The second-order valence-corrected chi connectivity index (χ2v) is 6.51. The van der Waals surface area contributed by atoms with Crippen molar-refractivity contribution in [3.8, 4) is 0 Å². The van der Waals surface area contributed by atoms with E-state index in [1.54, 1.807) is 18.2 Å². The summed E-state index contributed by atoms with van der Waals surface area (Å²) in [6, 6.07) is 6.41. The maximum Gasteiger partial charge on any atom is 0.244 e. The largest absolute Gasteiger partial charge is 0.327 e. The zero-order valence-electron chi connectivity index (χ0n) is 9.75. The van der Waals surface area contributed by atoms with Crippen molar-refractivity contribution in [3.63, 3.8) is 0 Å². The zero-order chi connectivity index (χ0) is 12.5. The van der Waals surface area contributed by atoms with Crippen LogP contribution in [0.5, 0.6) is 0 Å². The maximum absolute atomic E-state index is 12.3. The second kappa shape index (κ2) is 6.21. The molecule has 0 bridgehead atoms. The summed E-state index contributed by atoms with van der Waals surface area (Å²) in [4.78, 5) is 0.163. The first kappa shape index (κ1) is 15.7. The highest BCUT2D eigenvalue weighted by molar-refractivity contribution is 7.89. The summed E-state index contributed by atoms with van der Waals surface area (Å²) >= 11 is 5.93. The van der Waals surface area contributed by atoms with Crippen molar-refractivity contribution >= 4 is 34.0 Å². The fourth-order valence-electron chi connectivity index (χ4n) is 1.99. The van der Waals surface area contributed by atoms with Crippen LogP contribution in [0.3, 0.4) is 0 Å². The molecule has 1 aliphatic rings. The smallest absolute Gasteiger partial charge is 0.244 e. The number of nitrogens with zero attached hydrogens (tertiary/aromatic N) is 1. The van der Waals surface area contributed by atoms with Crippen molar-refractivity contribution in [3.05, 3.63) is 29.3 Å². The van der Waals surface area contributed by atoms with E-state index in [0.717, 1.165) is 12.8 Å². The lowest BCUT2D eigenvalue weighted by Gasteiger charge is -2.30. The van der Waals surface area contributed by atoms with Crippen LogP contribution in [0.15, 0.2) is 29.2 Å². The van der Waals surface area contributed by atoms with Crippen LogP contribution in [0.2, 0.25) is 5.02 Å². The molecule has 1 aromatic carbocycles. The minimum Gasteiger partial charge on any atom is -0.327 e. The number of sulfonamides is 1. The molecule has 0 saturated carbocycles. The van der Waals surface area contributed by atoms with Gasteiger partial charge in [0.05, 0.1) is 5.02 Å². The molecule has 1 saturated heterocycles. The average molecular weight is 311 g/mol. The molecule has 1 aromatic rings. The molecule has 1 atom stereocenters. The molecule has 1 fully saturated rings.